The topological polar surface area (TPSA) is 49.5 Å². The first-order valence-corrected chi connectivity index (χ1v) is 6.04. The second-order valence-corrected chi connectivity index (χ2v) is 4.47. The number of nitrogen functional groups attached to an aromatic ring is 1. The molecule has 3 nitrogen and oxygen atoms in total. The lowest BCUT2D eigenvalue weighted by molar-refractivity contribution is 0.255. The number of hydrogen-bond acceptors (Lipinski definition) is 3. The monoisotopic (exact) mass is 220 g/mol. The molecule has 1 saturated heterocycles. The average Bonchev–Trinajstić information content (AvgIpc) is 2.55. The van der Waals surface area contributed by atoms with E-state index >= 15 is 0 Å². The van der Waals surface area contributed by atoms with E-state index in [1.54, 1.807) is 0 Å². The summed E-state index contributed by atoms with van der Waals surface area (Å²) in [6, 6.07) is 8.21. The molecule has 1 aliphatic heterocycles. The zero-order chi connectivity index (χ0) is 11.4. The van der Waals surface area contributed by atoms with Crippen molar-refractivity contribution in [3.63, 3.8) is 0 Å². The summed E-state index contributed by atoms with van der Waals surface area (Å²) >= 11 is 0. The van der Waals surface area contributed by atoms with E-state index in [1.165, 1.54) is 24.9 Å². The average molecular weight is 220 g/mol. The highest BCUT2D eigenvalue weighted by Crippen LogP contribution is 2.24. The van der Waals surface area contributed by atoms with Crippen LogP contribution in [0.4, 0.5) is 11.4 Å². The van der Waals surface area contributed by atoms with Crippen molar-refractivity contribution < 1.29 is 5.11 Å². The van der Waals surface area contributed by atoms with Gasteiger partial charge in [-0.1, -0.05) is 12.8 Å². The van der Waals surface area contributed by atoms with Gasteiger partial charge in [0.2, 0.25) is 0 Å². The molecule has 0 saturated carbocycles. The Morgan fingerprint density at radius 2 is 1.94 bits per heavy atom. The van der Waals surface area contributed by atoms with Crippen LogP contribution in [-0.2, 0) is 0 Å². The SMILES string of the molecule is Nc1ccc(N2CCCCCC2CO)cc1. The van der Waals surface area contributed by atoms with Gasteiger partial charge in [0.15, 0.2) is 0 Å². The van der Waals surface area contributed by atoms with Gasteiger partial charge in [-0.3, -0.25) is 0 Å². The van der Waals surface area contributed by atoms with Crippen LogP contribution in [-0.4, -0.2) is 24.3 Å². The van der Waals surface area contributed by atoms with Crippen molar-refractivity contribution >= 4 is 11.4 Å². The van der Waals surface area contributed by atoms with Crippen molar-refractivity contribution in [2.24, 2.45) is 0 Å². The van der Waals surface area contributed by atoms with Crippen LogP contribution >= 0.6 is 0 Å². The van der Waals surface area contributed by atoms with E-state index in [0.29, 0.717) is 0 Å². The molecule has 1 aromatic carbocycles. The van der Waals surface area contributed by atoms with Gasteiger partial charge in [-0.05, 0) is 37.1 Å². The Morgan fingerprint density at radius 1 is 1.19 bits per heavy atom. The number of benzene rings is 1. The fraction of sp³-hybridized carbons (Fsp3) is 0.538. The van der Waals surface area contributed by atoms with Crippen LogP contribution in [0, 0.1) is 0 Å². The van der Waals surface area contributed by atoms with E-state index in [0.717, 1.165) is 18.7 Å². The highest BCUT2D eigenvalue weighted by atomic mass is 16.3. The van der Waals surface area contributed by atoms with Crippen LogP contribution in [0.25, 0.3) is 0 Å². The maximum absolute atomic E-state index is 9.44. The Labute approximate surface area is 96.9 Å². The predicted octanol–water partition coefficient (Wildman–Crippen LogP) is 2.01. The van der Waals surface area contributed by atoms with E-state index in [9.17, 15) is 5.11 Å². The maximum Gasteiger partial charge on any atom is 0.0635 e. The molecule has 0 aromatic heterocycles. The normalized spacial score (nSPS) is 21.8. The summed E-state index contributed by atoms with van der Waals surface area (Å²) in [5.41, 5.74) is 7.65. The van der Waals surface area contributed by atoms with Gasteiger partial charge in [0.25, 0.3) is 0 Å². The first kappa shape index (κ1) is 11.3. The molecule has 1 unspecified atom stereocenters. The summed E-state index contributed by atoms with van der Waals surface area (Å²) in [6.07, 6.45) is 4.78. The lowest BCUT2D eigenvalue weighted by Crippen LogP contribution is -2.37. The van der Waals surface area contributed by atoms with Crippen molar-refractivity contribution in [3.05, 3.63) is 24.3 Å². The van der Waals surface area contributed by atoms with Crippen LogP contribution < -0.4 is 10.6 Å². The summed E-state index contributed by atoms with van der Waals surface area (Å²) in [5.74, 6) is 0. The van der Waals surface area contributed by atoms with Crippen LogP contribution in [0.15, 0.2) is 24.3 Å². The smallest absolute Gasteiger partial charge is 0.0635 e. The van der Waals surface area contributed by atoms with E-state index in [2.05, 4.69) is 4.90 Å². The lowest BCUT2D eigenvalue weighted by atomic mass is 10.1. The minimum atomic E-state index is 0.240. The van der Waals surface area contributed by atoms with Gasteiger partial charge >= 0.3 is 0 Å². The number of rotatable bonds is 2. The van der Waals surface area contributed by atoms with Gasteiger partial charge in [0, 0.05) is 17.9 Å². The number of hydrogen-bond donors (Lipinski definition) is 2. The lowest BCUT2D eigenvalue weighted by Gasteiger charge is -2.30. The summed E-state index contributed by atoms with van der Waals surface area (Å²) in [5, 5.41) is 9.44. The zero-order valence-electron chi connectivity index (χ0n) is 9.60. The van der Waals surface area contributed by atoms with Crippen molar-refractivity contribution in [2.45, 2.75) is 31.7 Å². The van der Waals surface area contributed by atoms with E-state index in [4.69, 9.17) is 5.73 Å². The van der Waals surface area contributed by atoms with Gasteiger partial charge in [-0.2, -0.15) is 0 Å². The molecule has 1 aliphatic rings. The Balaban J connectivity index is 2.18. The molecule has 1 atom stereocenters. The number of anilines is 2. The molecule has 3 N–H and O–H groups in total. The highest BCUT2D eigenvalue weighted by molar-refractivity contribution is 5.53. The van der Waals surface area contributed by atoms with Crippen LogP contribution in [0.2, 0.25) is 0 Å². The second-order valence-electron chi connectivity index (χ2n) is 4.47. The van der Waals surface area contributed by atoms with Gasteiger partial charge < -0.3 is 15.7 Å². The van der Waals surface area contributed by atoms with Crippen molar-refractivity contribution in [1.82, 2.24) is 0 Å². The third-order valence-electron chi connectivity index (χ3n) is 3.31. The minimum Gasteiger partial charge on any atom is -0.399 e. The molecular weight excluding hydrogens is 200 g/mol. The van der Waals surface area contributed by atoms with Gasteiger partial charge in [0.1, 0.15) is 0 Å². The molecular formula is C13H20N2O. The first-order valence-electron chi connectivity index (χ1n) is 6.04. The highest BCUT2D eigenvalue weighted by Gasteiger charge is 2.20. The molecule has 1 fully saturated rings. The van der Waals surface area contributed by atoms with Crippen LogP contribution in [0.1, 0.15) is 25.7 Å². The molecule has 0 bridgehead atoms. The number of nitrogens with zero attached hydrogens (tertiary/aromatic N) is 1. The largest absolute Gasteiger partial charge is 0.399 e. The Kier molecular flexibility index (Phi) is 3.67. The van der Waals surface area contributed by atoms with Crippen molar-refractivity contribution in [2.75, 3.05) is 23.8 Å². The van der Waals surface area contributed by atoms with Gasteiger partial charge in [-0.25, -0.2) is 0 Å². The Morgan fingerprint density at radius 3 is 2.62 bits per heavy atom. The van der Waals surface area contributed by atoms with E-state index in [-0.39, 0.29) is 12.6 Å². The van der Waals surface area contributed by atoms with Gasteiger partial charge in [-0.15, -0.1) is 0 Å². The number of aliphatic hydroxyl groups excluding tert-OH is 1. The third kappa shape index (κ3) is 2.47. The molecule has 0 spiro atoms. The number of aliphatic hydroxyl groups is 1. The summed E-state index contributed by atoms with van der Waals surface area (Å²) < 4.78 is 0. The zero-order valence-corrected chi connectivity index (χ0v) is 9.60. The molecule has 0 aliphatic carbocycles. The first-order chi connectivity index (χ1) is 7.81. The van der Waals surface area contributed by atoms with Gasteiger partial charge in [0.05, 0.1) is 12.6 Å². The summed E-state index contributed by atoms with van der Waals surface area (Å²) in [6.45, 7) is 1.28. The minimum absolute atomic E-state index is 0.240. The quantitative estimate of drug-likeness (QED) is 0.750. The van der Waals surface area contributed by atoms with E-state index in [1.807, 2.05) is 24.3 Å². The van der Waals surface area contributed by atoms with Crippen molar-refractivity contribution in [1.29, 1.82) is 0 Å². The van der Waals surface area contributed by atoms with Crippen molar-refractivity contribution in [3.8, 4) is 0 Å². The Bertz CT molecular complexity index is 323. The van der Waals surface area contributed by atoms with Crippen LogP contribution in [0.5, 0.6) is 0 Å². The maximum atomic E-state index is 9.44. The predicted molar refractivity (Wildman–Crippen MR) is 67.5 cm³/mol. The summed E-state index contributed by atoms with van der Waals surface area (Å²) in [4.78, 5) is 2.31. The molecule has 1 heterocycles. The second kappa shape index (κ2) is 5.21. The fourth-order valence-corrected chi connectivity index (χ4v) is 2.37. The molecule has 0 radical (unpaired) electrons. The molecule has 16 heavy (non-hydrogen) atoms. The van der Waals surface area contributed by atoms with E-state index < -0.39 is 0 Å². The molecule has 2 rings (SSSR count). The number of nitrogens with two attached hydrogens (primary N) is 1. The Hall–Kier alpha value is -1.22. The summed E-state index contributed by atoms with van der Waals surface area (Å²) in [7, 11) is 0. The standard InChI is InChI=1S/C13H20N2O/c14-11-5-7-12(8-6-11)15-9-3-1-2-4-13(15)10-16/h5-8,13,16H,1-4,9-10,14H2. The van der Waals surface area contributed by atoms with Crippen LogP contribution in [0.3, 0.4) is 0 Å². The molecule has 1 aromatic rings. The molecule has 3 heteroatoms. The third-order valence-corrected chi connectivity index (χ3v) is 3.31. The molecule has 88 valence electrons. The fourth-order valence-electron chi connectivity index (χ4n) is 2.37. The molecule has 0 amide bonds.